The van der Waals surface area contributed by atoms with Crippen LogP contribution in [0.5, 0.6) is 0 Å². The van der Waals surface area contributed by atoms with Crippen LogP contribution in [0, 0.1) is 0 Å². The molecule has 0 N–H and O–H groups in total. The summed E-state index contributed by atoms with van der Waals surface area (Å²) >= 11 is 0. The minimum Gasteiger partial charge on any atom is -0.381 e. The fraction of sp³-hybridized carbons (Fsp3) is 1.00. The molecule has 7 heteroatoms. The third kappa shape index (κ3) is 14.1. The third-order valence-corrected chi connectivity index (χ3v) is 4.61. The summed E-state index contributed by atoms with van der Waals surface area (Å²) in [4.78, 5) is 0. The van der Waals surface area contributed by atoms with Crippen LogP contribution >= 0.6 is 0 Å². The van der Waals surface area contributed by atoms with E-state index in [2.05, 4.69) is 0 Å². The van der Waals surface area contributed by atoms with Gasteiger partial charge in [-0.2, -0.15) is 0 Å². The summed E-state index contributed by atoms with van der Waals surface area (Å²) in [6.45, 7) is 0.992. The lowest BCUT2D eigenvalue weighted by Gasteiger charge is -2.03. The van der Waals surface area contributed by atoms with Crippen molar-refractivity contribution in [2.45, 2.75) is 37.0 Å². The van der Waals surface area contributed by atoms with E-state index in [4.69, 9.17) is 4.74 Å². The molecule has 0 aromatic heterocycles. The van der Waals surface area contributed by atoms with E-state index in [1.807, 2.05) is 0 Å². The first kappa shape index (κ1) is 15.1. The molecular weight excluding hydrogens is 244 g/mol. The largest absolute Gasteiger partial charge is 0.381 e. The van der Waals surface area contributed by atoms with Crippen molar-refractivity contribution < 1.29 is 22.3 Å². The van der Waals surface area contributed by atoms with Gasteiger partial charge < -0.3 is 4.74 Å². The molecule has 0 bridgehead atoms. The summed E-state index contributed by atoms with van der Waals surface area (Å²) in [7, 11) is -2.43. The number of hydrogen-bond donors (Lipinski definition) is 0. The van der Waals surface area contributed by atoms with Crippen LogP contribution in [-0.2, 0) is 4.74 Å². The third-order valence-electron chi connectivity index (χ3n) is 1.92. The van der Waals surface area contributed by atoms with E-state index in [-0.39, 0.29) is 0 Å². The van der Waals surface area contributed by atoms with Crippen LogP contribution < -0.4 is 0 Å². The molecule has 1 nitrogen and oxygen atoms in total. The summed E-state index contributed by atoms with van der Waals surface area (Å²) < 4.78 is 52.1. The molecule has 92 valence electrons. The summed E-state index contributed by atoms with van der Waals surface area (Å²) in [5.41, 5.74) is 0. The van der Waals surface area contributed by atoms with E-state index in [0.717, 1.165) is 0 Å². The van der Waals surface area contributed by atoms with Crippen LogP contribution in [-0.4, -0.2) is 44.4 Å². The molecule has 15 heavy (non-hydrogen) atoms. The fourth-order valence-corrected chi connectivity index (χ4v) is 2.71. The molecule has 0 spiro atoms. The maximum Gasteiger partial charge on any atom is 0.214 e. The van der Waals surface area contributed by atoms with Crippen LogP contribution in [0.25, 0.3) is 0 Å². The number of halogens is 4. The maximum absolute atomic E-state index is 11.7. The lowest BCUT2D eigenvalue weighted by molar-refractivity contribution is 0.134. The van der Waals surface area contributed by atoms with Crippen molar-refractivity contribution in [1.29, 1.82) is 0 Å². The average molecular weight is 262 g/mol. The molecule has 0 fully saturated rings. The van der Waals surface area contributed by atoms with Crippen molar-refractivity contribution in [3.05, 3.63) is 0 Å². The van der Waals surface area contributed by atoms with Crippen molar-refractivity contribution in [1.82, 2.24) is 0 Å². The molecule has 0 saturated heterocycles. The highest BCUT2D eigenvalue weighted by Crippen LogP contribution is 2.00. The van der Waals surface area contributed by atoms with Crippen molar-refractivity contribution >= 4 is 19.0 Å². The highest BCUT2D eigenvalue weighted by Gasteiger charge is 2.03. The summed E-state index contributed by atoms with van der Waals surface area (Å²) in [6, 6.07) is -2.99. The van der Waals surface area contributed by atoms with Gasteiger partial charge in [0.15, 0.2) is 0 Å². The second-order valence-corrected chi connectivity index (χ2v) is 7.19. The molecule has 0 atom stereocenters. The predicted molar refractivity (Wildman–Crippen MR) is 58.8 cm³/mol. The molecule has 0 aromatic rings. The standard InChI is InChI=1S/C8H18F4OSi2/c9-7(10)14-5-1-3-13-4-2-6-15-8(11)12/h7-8H,1-6,14-15H2. The second kappa shape index (κ2) is 10.6. The topological polar surface area (TPSA) is 9.23 Å². The van der Waals surface area contributed by atoms with E-state index < -0.39 is 31.1 Å². The molecular formula is C8H18F4OSi2. The highest BCUT2D eigenvalue weighted by molar-refractivity contribution is 6.36. The van der Waals surface area contributed by atoms with Crippen molar-refractivity contribution in [3.8, 4) is 0 Å². The van der Waals surface area contributed by atoms with Gasteiger partial charge in [-0.3, -0.25) is 0 Å². The van der Waals surface area contributed by atoms with Gasteiger partial charge >= 0.3 is 0 Å². The van der Waals surface area contributed by atoms with Gasteiger partial charge in [0, 0.05) is 13.2 Å². The number of alkyl halides is 4. The van der Waals surface area contributed by atoms with Gasteiger partial charge in [-0.05, 0) is 12.8 Å². The Hall–Kier alpha value is 0.114. The van der Waals surface area contributed by atoms with Crippen molar-refractivity contribution in [2.24, 2.45) is 0 Å². The summed E-state index contributed by atoms with van der Waals surface area (Å²) in [5.74, 6) is 0. The Labute approximate surface area is 92.2 Å². The smallest absolute Gasteiger partial charge is 0.214 e. The van der Waals surface area contributed by atoms with Gasteiger partial charge in [0.2, 0.25) is 12.1 Å². The normalized spacial score (nSPS) is 13.2. The molecule has 0 aliphatic carbocycles. The molecule has 0 rings (SSSR count). The Kier molecular flexibility index (Phi) is 10.7. The second-order valence-electron chi connectivity index (χ2n) is 3.39. The zero-order valence-corrected chi connectivity index (χ0v) is 11.6. The Morgan fingerprint density at radius 3 is 1.53 bits per heavy atom. The minimum atomic E-state index is -2.10. The Morgan fingerprint density at radius 2 is 1.20 bits per heavy atom. The van der Waals surface area contributed by atoms with Crippen LogP contribution in [0.15, 0.2) is 0 Å². The maximum atomic E-state index is 11.7. The summed E-state index contributed by atoms with van der Waals surface area (Å²) in [5, 5.41) is 0. The molecule has 0 radical (unpaired) electrons. The molecule has 0 aromatic carbocycles. The molecule has 0 unspecified atom stereocenters. The minimum absolute atomic E-state index is 0.496. The number of hydrogen-bond acceptors (Lipinski definition) is 1. The van der Waals surface area contributed by atoms with Gasteiger partial charge in [0.05, 0.1) is 0 Å². The Morgan fingerprint density at radius 1 is 0.800 bits per heavy atom. The van der Waals surface area contributed by atoms with E-state index in [9.17, 15) is 17.6 Å². The monoisotopic (exact) mass is 262 g/mol. The Bertz CT molecular complexity index is 124. The molecule has 0 amide bonds. The molecule has 0 heterocycles. The zero-order chi connectivity index (χ0) is 11.5. The lowest BCUT2D eigenvalue weighted by atomic mass is 10.5. The van der Waals surface area contributed by atoms with E-state index >= 15 is 0 Å². The first-order valence-electron chi connectivity index (χ1n) is 5.27. The first-order valence-corrected chi connectivity index (χ1v) is 8.90. The van der Waals surface area contributed by atoms with Crippen LogP contribution in [0.4, 0.5) is 17.6 Å². The fourth-order valence-electron chi connectivity index (χ4n) is 1.11. The van der Waals surface area contributed by atoms with Gasteiger partial charge in [0.25, 0.3) is 0 Å². The van der Waals surface area contributed by atoms with Gasteiger partial charge in [-0.25, -0.2) is 17.6 Å². The van der Waals surface area contributed by atoms with Crippen LogP contribution in [0.2, 0.25) is 12.1 Å². The van der Waals surface area contributed by atoms with Gasteiger partial charge in [-0.15, -0.1) is 0 Å². The van der Waals surface area contributed by atoms with Gasteiger partial charge in [0.1, 0.15) is 19.0 Å². The number of ether oxygens (including phenoxy) is 1. The Balaban J connectivity index is 2.93. The van der Waals surface area contributed by atoms with E-state index in [1.54, 1.807) is 0 Å². The highest BCUT2D eigenvalue weighted by atomic mass is 28.2. The van der Waals surface area contributed by atoms with Gasteiger partial charge in [-0.1, -0.05) is 12.1 Å². The lowest BCUT2D eigenvalue weighted by Crippen LogP contribution is -2.07. The molecule has 0 aliphatic heterocycles. The van der Waals surface area contributed by atoms with Crippen molar-refractivity contribution in [3.63, 3.8) is 0 Å². The quantitative estimate of drug-likeness (QED) is 0.328. The zero-order valence-electron chi connectivity index (χ0n) is 8.73. The predicted octanol–water partition coefficient (Wildman–Crippen LogP) is 1.40. The SMILES string of the molecule is FC(F)[SiH2]CCCOCCC[SiH2]C(F)F. The van der Waals surface area contributed by atoms with E-state index in [0.29, 0.717) is 38.1 Å². The van der Waals surface area contributed by atoms with Crippen molar-refractivity contribution in [2.75, 3.05) is 13.2 Å². The average Bonchev–Trinajstić information content (AvgIpc) is 2.14. The first-order chi connectivity index (χ1) is 7.13. The van der Waals surface area contributed by atoms with E-state index in [1.165, 1.54) is 0 Å². The van der Waals surface area contributed by atoms with Crippen LogP contribution in [0.1, 0.15) is 12.8 Å². The van der Waals surface area contributed by atoms with Crippen LogP contribution in [0.3, 0.4) is 0 Å². The number of rotatable bonds is 10. The molecule has 0 aliphatic rings. The molecule has 0 saturated carbocycles. The summed E-state index contributed by atoms with van der Waals surface area (Å²) in [6.07, 6.45) is 1.37.